The van der Waals surface area contributed by atoms with Crippen LogP contribution in [0.3, 0.4) is 0 Å². The number of furan rings is 1. The van der Waals surface area contributed by atoms with Gasteiger partial charge in [0.15, 0.2) is 0 Å². The van der Waals surface area contributed by atoms with Gasteiger partial charge < -0.3 is 9.32 Å². The van der Waals surface area contributed by atoms with Gasteiger partial charge in [0.2, 0.25) is 0 Å². The van der Waals surface area contributed by atoms with E-state index in [2.05, 4.69) is 205 Å². The van der Waals surface area contributed by atoms with Crippen LogP contribution in [0.2, 0.25) is 0 Å². The molecule has 0 atom stereocenters. The first-order valence-corrected chi connectivity index (χ1v) is 19.2. The summed E-state index contributed by atoms with van der Waals surface area (Å²) in [5, 5.41) is 9.90. The number of para-hydroxylation sites is 2. The van der Waals surface area contributed by atoms with Crippen LogP contribution in [0.4, 0.5) is 17.1 Å². The average molecular weight is 714 g/mol. The van der Waals surface area contributed by atoms with Crippen molar-refractivity contribution >= 4 is 71.3 Å². The summed E-state index contributed by atoms with van der Waals surface area (Å²) in [6.07, 6.45) is 0. The van der Waals surface area contributed by atoms with E-state index in [9.17, 15) is 0 Å². The number of nitrogens with zero attached hydrogens (tertiary/aromatic N) is 1. The monoisotopic (exact) mass is 713 g/mol. The number of benzene rings is 10. The molecule has 0 spiro atoms. The van der Waals surface area contributed by atoms with Crippen LogP contribution in [0.5, 0.6) is 0 Å². The first-order valence-electron chi connectivity index (χ1n) is 19.2. The van der Waals surface area contributed by atoms with E-state index in [1.54, 1.807) is 0 Å². The molecule has 262 valence electrons. The number of fused-ring (bicyclic) bond motifs is 8. The molecule has 0 amide bonds. The van der Waals surface area contributed by atoms with E-state index in [0.717, 1.165) is 50.1 Å². The number of anilines is 3. The third-order valence-electron chi connectivity index (χ3n) is 11.3. The normalized spacial score (nSPS) is 11.6. The summed E-state index contributed by atoms with van der Waals surface area (Å²) in [5.74, 6) is 0. The van der Waals surface area contributed by atoms with Crippen LogP contribution in [0.1, 0.15) is 0 Å². The highest BCUT2D eigenvalue weighted by Crippen LogP contribution is 2.41. The summed E-state index contributed by atoms with van der Waals surface area (Å²) >= 11 is 0. The highest BCUT2D eigenvalue weighted by molar-refractivity contribution is 6.17. The first kappa shape index (κ1) is 32.0. The van der Waals surface area contributed by atoms with Crippen molar-refractivity contribution in [3.05, 3.63) is 212 Å². The van der Waals surface area contributed by atoms with Gasteiger partial charge >= 0.3 is 0 Å². The lowest BCUT2D eigenvalue weighted by Crippen LogP contribution is -2.10. The third kappa shape index (κ3) is 5.42. The van der Waals surface area contributed by atoms with E-state index in [0.29, 0.717) is 0 Å². The fourth-order valence-electron chi connectivity index (χ4n) is 8.47. The molecule has 0 saturated heterocycles. The zero-order valence-electron chi connectivity index (χ0n) is 30.6. The fourth-order valence-corrected chi connectivity index (χ4v) is 8.47. The summed E-state index contributed by atoms with van der Waals surface area (Å²) in [4.78, 5) is 2.35. The van der Waals surface area contributed by atoms with Crippen LogP contribution < -0.4 is 4.90 Å². The Bertz CT molecular complexity index is 3230. The predicted octanol–water partition coefficient (Wildman–Crippen LogP) is 15.5. The van der Waals surface area contributed by atoms with Gasteiger partial charge in [0.25, 0.3) is 0 Å². The SMILES string of the molecule is c1ccc(-c2ccc(N(c3ccc(-c4ccc5ccc6c7ccccc7ccc6c5c4)cc3)c3cccc(-c4cccc5c4oc4ccccc45)c3)cc2)cc1. The van der Waals surface area contributed by atoms with Gasteiger partial charge in [-0.3, -0.25) is 0 Å². The van der Waals surface area contributed by atoms with Crippen LogP contribution >= 0.6 is 0 Å². The van der Waals surface area contributed by atoms with Gasteiger partial charge in [-0.1, -0.05) is 164 Å². The molecule has 0 N–H and O–H groups in total. The Morgan fingerprint density at radius 2 is 0.839 bits per heavy atom. The van der Waals surface area contributed by atoms with Gasteiger partial charge in [-0.05, 0) is 109 Å². The van der Waals surface area contributed by atoms with Crippen LogP contribution in [0, 0.1) is 0 Å². The van der Waals surface area contributed by atoms with Crippen molar-refractivity contribution in [3.8, 4) is 33.4 Å². The molecule has 0 aliphatic rings. The molecule has 0 fully saturated rings. The second-order valence-corrected chi connectivity index (χ2v) is 14.5. The van der Waals surface area contributed by atoms with E-state index < -0.39 is 0 Å². The van der Waals surface area contributed by atoms with Crippen LogP contribution in [0.25, 0.3) is 87.6 Å². The zero-order chi connectivity index (χ0) is 37.0. The van der Waals surface area contributed by atoms with Crippen molar-refractivity contribution in [1.82, 2.24) is 0 Å². The Morgan fingerprint density at radius 1 is 0.286 bits per heavy atom. The van der Waals surface area contributed by atoms with Crippen LogP contribution in [-0.2, 0) is 0 Å². The molecule has 56 heavy (non-hydrogen) atoms. The van der Waals surface area contributed by atoms with Crippen molar-refractivity contribution in [2.24, 2.45) is 0 Å². The molecule has 1 aromatic heterocycles. The molecular formula is C54H35NO. The van der Waals surface area contributed by atoms with Crippen LogP contribution in [0.15, 0.2) is 217 Å². The van der Waals surface area contributed by atoms with Crippen molar-refractivity contribution in [1.29, 1.82) is 0 Å². The third-order valence-corrected chi connectivity index (χ3v) is 11.3. The average Bonchev–Trinajstić information content (AvgIpc) is 3.66. The molecule has 0 unspecified atom stereocenters. The lowest BCUT2D eigenvalue weighted by Gasteiger charge is -2.26. The van der Waals surface area contributed by atoms with Crippen molar-refractivity contribution in [3.63, 3.8) is 0 Å². The van der Waals surface area contributed by atoms with Gasteiger partial charge in [0, 0.05) is 33.4 Å². The standard InChI is InChI=1S/C54H35NO/c1-2-10-36(11-3-1)37-22-28-43(29-23-37)55(45-14-8-13-42(34-45)47-17-9-18-51-50-16-6-7-19-53(50)56-54(47)51)44-30-24-38(25-31-44)41-21-20-40-27-32-48-46-15-5-4-12-39(46)26-33-49(48)52(40)35-41/h1-35H. The van der Waals surface area contributed by atoms with Gasteiger partial charge in [-0.15, -0.1) is 0 Å². The first-order chi connectivity index (χ1) is 27.7. The van der Waals surface area contributed by atoms with E-state index >= 15 is 0 Å². The Labute approximate surface area is 325 Å². The van der Waals surface area contributed by atoms with Crippen molar-refractivity contribution in [2.75, 3.05) is 4.90 Å². The maximum absolute atomic E-state index is 6.47. The predicted molar refractivity (Wildman–Crippen MR) is 237 cm³/mol. The Kier molecular flexibility index (Phi) is 7.53. The van der Waals surface area contributed by atoms with E-state index in [1.807, 2.05) is 12.1 Å². The number of rotatable bonds is 6. The summed E-state index contributed by atoms with van der Waals surface area (Å²) in [5.41, 5.74) is 12.0. The topological polar surface area (TPSA) is 16.4 Å². The Morgan fingerprint density at radius 3 is 1.62 bits per heavy atom. The van der Waals surface area contributed by atoms with Crippen LogP contribution in [-0.4, -0.2) is 0 Å². The quantitative estimate of drug-likeness (QED) is 0.160. The van der Waals surface area contributed by atoms with Gasteiger partial charge in [0.05, 0.1) is 0 Å². The second kappa shape index (κ2) is 13.2. The number of hydrogen-bond acceptors (Lipinski definition) is 2. The second-order valence-electron chi connectivity index (χ2n) is 14.5. The smallest absolute Gasteiger partial charge is 0.143 e. The molecule has 0 radical (unpaired) electrons. The molecule has 0 saturated carbocycles. The largest absolute Gasteiger partial charge is 0.455 e. The highest BCUT2D eigenvalue weighted by Gasteiger charge is 2.17. The van der Waals surface area contributed by atoms with Crippen molar-refractivity contribution in [2.45, 2.75) is 0 Å². The minimum absolute atomic E-state index is 0.902. The highest BCUT2D eigenvalue weighted by atomic mass is 16.3. The minimum Gasteiger partial charge on any atom is -0.455 e. The molecule has 2 nitrogen and oxygen atoms in total. The van der Waals surface area contributed by atoms with Gasteiger partial charge in [-0.2, -0.15) is 0 Å². The Hall–Kier alpha value is -7.42. The molecule has 11 rings (SSSR count). The lowest BCUT2D eigenvalue weighted by atomic mass is 9.94. The Balaban J connectivity index is 1.01. The van der Waals surface area contributed by atoms with Gasteiger partial charge in [-0.25, -0.2) is 0 Å². The molecule has 11 aromatic rings. The molecular weight excluding hydrogens is 679 g/mol. The van der Waals surface area contributed by atoms with E-state index in [1.165, 1.54) is 54.6 Å². The molecule has 1 heterocycles. The van der Waals surface area contributed by atoms with E-state index in [-0.39, 0.29) is 0 Å². The van der Waals surface area contributed by atoms with E-state index in [4.69, 9.17) is 4.42 Å². The summed E-state index contributed by atoms with van der Waals surface area (Å²) in [7, 11) is 0. The molecule has 0 aliphatic heterocycles. The minimum atomic E-state index is 0.902. The molecule has 2 heteroatoms. The molecule has 0 bridgehead atoms. The van der Waals surface area contributed by atoms with Gasteiger partial charge in [0.1, 0.15) is 11.2 Å². The number of hydrogen-bond donors (Lipinski definition) is 0. The lowest BCUT2D eigenvalue weighted by molar-refractivity contribution is 0.670. The zero-order valence-corrected chi connectivity index (χ0v) is 30.6. The summed E-state index contributed by atoms with van der Waals surface area (Å²) < 4.78 is 6.47. The fraction of sp³-hybridized carbons (Fsp3) is 0. The molecule has 10 aromatic carbocycles. The summed E-state index contributed by atoms with van der Waals surface area (Å²) in [6.45, 7) is 0. The van der Waals surface area contributed by atoms with Crippen molar-refractivity contribution < 1.29 is 4.42 Å². The maximum Gasteiger partial charge on any atom is 0.143 e. The molecule has 0 aliphatic carbocycles. The summed E-state index contributed by atoms with van der Waals surface area (Å²) in [6, 6.07) is 76.5. The maximum atomic E-state index is 6.47.